The van der Waals surface area contributed by atoms with Gasteiger partial charge in [-0.05, 0) is 17.2 Å². The summed E-state index contributed by atoms with van der Waals surface area (Å²) in [5.74, 6) is 0.841. The van der Waals surface area contributed by atoms with Crippen molar-refractivity contribution in [2.24, 2.45) is 0 Å². The van der Waals surface area contributed by atoms with Crippen LogP contribution in [0.3, 0.4) is 0 Å². The van der Waals surface area contributed by atoms with Gasteiger partial charge in [0.05, 0.1) is 5.92 Å². The predicted molar refractivity (Wildman–Crippen MR) is 46.1 cm³/mol. The lowest BCUT2D eigenvalue weighted by Crippen LogP contribution is -2.24. The van der Waals surface area contributed by atoms with Crippen LogP contribution >= 0.6 is 0 Å². The molecule has 0 heterocycles. The molecule has 0 spiro atoms. The molecule has 2 unspecified atom stereocenters. The molecule has 0 fully saturated rings. The Bertz CT molecular complexity index is 390. The monoisotopic (exact) mass is 156 g/mol. The lowest BCUT2D eigenvalue weighted by Gasteiger charge is -2.32. The first-order chi connectivity index (χ1) is 5.88. The van der Waals surface area contributed by atoms with Gasteiger partial charge in [0.25, 0.3) is 0 Å². The second kappa shape index (κ2) is 1.86. The van der Waals surface area contributed by atoms with E-state index in [0.717, 1.165) is 0 Å². The molecule has 2 aliphatic rings. The zero-order valence-corrected chi connectivity index (χ0v) is 6.53. The standard InChI is InChI=1S/C11H8O/c12-10-6-5-9-7-3-1-2-4-8(7)11(9)10/h1-6,9,11H. The molecular weight excluding hydrogens is 148 g/mol. The summed E-state index contributed by atoms with van der Waals surface area (Å²) >= 11 is 0. The normalized spacial score (nSPS) is 29.5. The number of rotatable bonds is 0. The highest BCUT2D eigenvalue weighted by Gasteiger charge is 2.42. The molecule has 0 saturated heterocycles. The van der Waals surface area contributed by atoms with Crippen LogP contribution in [0.4, 0.5) is 0 Å². The summed E-state index contributed by atoms with van der Waals surface area (Å²) in [5.41, 5.74) is 2.57. The van der Waals surface area contributed by atoms with Crippen molar-refractivity contribution in [1.82, 2.24) is 0 Å². The number of carbonyl (C=O) groups excluding carboxylic acids is 1. The van der Waals surface area contributed by atoms with Crippen LogP contribution in [0.15, 0.2) is 36.4 Å². The minimum atomic E-state index is 0.168. The fraction of sp³-hybridized carbons (Fsp3) is 0.182. The van der Waals surface area contributed by atoms with Gasteiger partial charge in [-0.3, -0.25) is 4.79 Å². The Hall–Kier alpha value is -1.37. The number of fused-ring (bicyclic) bond motifs is 4. The van der Waals surface area contributed by atoms with E-state index in [0.29, 0.717) is 5.92 Å². The van der Waals surface area contributed by atoms with Crippen LogP contribution < -0.4 is 0 Å². The number of hydrogen-bond acceptors (Lipinski definition) is 1. The van der Waals surface area contributed by atoms with Crippen molar-refractivity contribution in [2.75, 3.05) is 0 Å². The Kier molecular flexibility index (Phi) is 0.959. The fourth-order valence-corrected chi connectivity index (χ4v) is 2.22. The molecule has 0 aliphatic heterocycles. The summed E-state index contributed by atoms with van der Waals surface area (Å²) in [6.07, 6.45) is 3.74. The minimum absolute atomic E-state index is 0.168. The average molecular weight is 156 g/mol. The molecule has 0 N–H and O–H groups in total. The van der Waals surface area contributed by atoms with E-state index >= 15 is 0 Å². The molecule has 12 heavy (non-hydrogen) atoms. The molecule has 2 aliphatic carbocycles. The summed E-state index contributed by atoms with van der Waals surface area (Å²) in [6.45, 7) is 0. The molecule has 3 rings (SSSR count). The van der Waals surface area contributed by atoms with Gasteiger partial charge in [-0.2, -0.15) is 0 Å². The highest BCUT2D eigenvalue weighted by atomic mass is 16.1. The van der Waals surface area contributed by atoms with Crippen LogP contribution in [-0.4, -0.2) is 5.78 Å². The zero-order chi connectivity index (χ0) is 8.13. The van der Waals surface area contributed by atoms with E-state index in [4.69, 9.17) is 0 Å². The summed E-state index contributed by atoms with van der Waals surface area (Å²) in [5, 5.41) is 0. The van der Waals surface area contributed by atoms with E-state index in [9.17, 15) is 4.79 Å². The van der Waals surface area contributed by atoms with Crippen LogP contribution in [0.1, 0.15) is 23.0 Å². The Labute approximate surface area is 70.7 Å². The Morgan fingerprint density at radius 1 is 1.08 bits per heavy atom. The maximum absolute atomic E-state index is 11.3. The lowest BCUT2D eigenvalue weighted by molar-refractivity contribution is -0.116. The number of benzene rings is 1. The molecule has 0 aromatic heterocycles. The largest absolute Gasteiger partial charge is 0.294 e. The maximum atomic E-state index is 11.3. The highest BCUT2D eigenvalue weighted by Crippen LogP contribution is 2.50. The number of carbonyl (C=O) groups is 1. The SMILES string of the molecule is O=C1C=CC2c3ccccc3C12. The second-order valence-electron chi connectivity index (χ2n) is 3.39. The molecule has 1 nitrogen and oxygen atoms in total. The highest BCUT2D eigenvalue weighted by molar-refractivity contribution is 6.02. The van der Waals surface area contributed by atoms with Gasteiger partial charge >= 0.3 is 0 Å². The van der Waals surface area contributed by atoms with E-state index < -0.39 is 0 Å². The third-order valence-electron chi connectivity index (χ3n) is 2.82. The van der Waals surface area contributed by atoms with Crippen LogP contribution in [-0.2, 0) is 4.79 Å². The summed E-state index contributed by atoms with van der Waals surface area (Å²) in [7, 11) is 0. The Balaban J connectivity index is 2.20. The number of allylic oxidation sites excluding steroid dienone is 2. The second-order valence-corrected chi connectivity index (χ2v) is 3.39. The molecule has 0 bridgehead atoms. The fourth-order valence-electron chi connectivity index (χ4n) is 2.22. The van der Waals surface area contributed by atoms with E-state index in [1.807, 2.05) is 18.2 Å². The van der Waals surface area contributed by atoms with Crippen molar-refractivity contribution < 1.29 is 4.79 Å². The van der Waals surface area contributed by atoms with E-state index in [2.05, 4.69) is 12.1 Å². The van der Waals surface area contributed by atoms with Crippen molar-refractivity contribution in [1.29, 1.82) is 0 Å². The van der Waals surface area contributed by atoms with Gasteiger partial charge in [-0.25, -0.2) is 0 Å². The van der Waals surface area contributed by atoms with Crippen molar-refractivity contribution in [2.45, 2.75) is 11.8 Å². The molecule has 1 aromatic carbocycles. The van der Waals surface area contributed by atoms with E-state index in [-0.39, 0.29) is 11.7 Å². The van der Waals surface area contributed by atoms with Crippen molar-refractivity contribution >= 4 is 5.78 Å². The quantitative estimate of drug-likeness (QED) is 0.561. The number of ketones is 1. The number of hydrogen-bond donors (Lipinski definition) is 0. The average Bonchev–Trinajstić information content (AvgIpc) is 2.37. The smallest absolute Gasteiger partial charge is 0.163 e. The van der Waals surface area contributed by atoms with Crippen molar-refractivity contribution in [3.8, 4) is 0 Å². The first kappa shape index (κ1) is 6.18. The summed E-state index contributed by atoms with van der Waals surface area (Å²) in [4.78, 5) is 11.3. The first-order valence-corrected chi connectivity index (χ1v) is 4.19. The third kappa shape index (κ3) is 0.536. The van der Waals surface area contributed by atoms with Gasteiger partial charge in [0.1, 0.15) is 0 Å². The van der Waals surface area contributed by atoms with Crippen molar-refractivity contribution in [3.05, 3.63) is 47.5 Å². The summed E-state index contributed by atoms with van der Waals surface area (Å²) < 4.78 is 0. The van der Waals surface area contributed by atoms with Crippen LogP contribution in [0.2, 0.25) is 0 Å². The molecule has 1 aromatic rings. The van der Waals surface area contributed by atoms with Gasteiger partial charge in [-0.1, -0.05) is 30.3 Å². The minimum Gasteiger partial charge on any atom is -0.294 e. The molecule has 0 saturated carbocycles. The Morgan fingerprint density at radius 3 is 2.67 bits per heavy atom. The van der Waals surface area contributed by atoms with Gasteiger partial charge in [0.15, 0.2) is 5.78 Å². The molecule has 58 valence electrons. The van der Waals surface area contributed by atoms with Crippen LogP contribution in [0.25, 0.3) is 0 Å². The maximum Gasteiger partial charge on any atom is 0.163 e. The predicted octanol–water partition coefficient (Wildman–Crippen LogP) is 2.01. The van der Waals surface area contributed by atoms with Crippen molar-refractivity contribution in [3.63, 3.8) is 0 Å². The lowest BCUT2D eigenvalue weighted by atomic mass is 9.69. The molecule has 0 radical (unpaired) electrons. The first-order valence-electron chi connectivity index (χ1n) is 4.19. The van der Waals surface area contributed by atoms with Gasteiger partial charge in [0.2, 0.25) is 0 Å². The molecular formula is C11H8O. The van der Waals surface area contributed by atoms with E-state index in [1.54, 1.807) is 6.08 Å². The van der Waals surface area contributed by atoms with Crippen LogP contribution in [0.5, 0.6) is 0 Å². The summed E-state index contributed by atoms with van der Waals surface area (Å²) in [6, 6.07) is 8.20. The van der Waals surface area contributed by atoms with E-state index in [1.165, 1.54) is 11.1 Å². The van der Waals surface area contributed by atoms with Gasteiger partial charge < -0.3 is 0 Å². The molecule has 0 amide bonds. The third-order valence-corrected chi connectivity index (χ3v) is 2.82. The van der Waals surface area contributed by atoms with Gasteiger partial charge in [-0.15, -0.1) is 0 Å². The van der Waals surface area contributed by atoms with Crippen LogP contribution in [0, 0.1) is 0 Å². The topological polar surface area (TPSA) is 17.1 Å². The Morgan fingerprint density at radius 2 is 1.83 bits per heavy atom. The zero-order valence-electron chi connectivity index (χ0n) is 6.53. The molecule has 2 atom stereocenters. The molecule has 1 heteroatoms. The van der Waals surface area contributed by atoms with Gasteiger partial charge in [0, 0.05) is 5.92 Å².